The highest BCUT2D eigenvalue weighted by Crippen LogP contribution is 2.42. The molecule has 1 aliphatic rings. The lowest BCUT2D eigenvalue weighted by Crippen LogP contribution is -2.29. The third-order valence-corrected chi connectivity index (χ3v) is 5.85. The van der Waals surface area contributed by atoms with Gasteiger partial charge in [-0.25, -0.2) is 0 Å². The van der Waals surface area contributed by atoms with Crippen LogP contribution in [0.15, 0.2) is 75.9 Å². The standard InChI is InChI=1S/C26H20ClNO4/c1-3-31-19-10-8-16(9-11-19)23-22-24(29)20-13-15(2)7-12-21(20)32-25(22)26(30)28(23)18-6-4-5-17(27)14-18/h4-14,23H,3H2,1-2H3. The van der Waals surface area contributed by atoms with Crippen molar-refractivity contribution in [3.05, 3.63) is 104 Å². The first-order chi connectivity index (χ1) is 15.5. The van der Waals surface area contributed by atoms with E-state index in [4.69, 9.17) is 20.8 Å². The molecule has 0 spiro atoms. The molecular weight excluding hydrogens is 426 g/mol. The maximum absolute atomic E-state index is 13.6. The third kappa shape index (κ3) is 3.26. The molecule has 6 heteroatoms. The van der Waals surface area contributed by atoms with Crippen LogP contribution in [-0.2, 0) is 0 Å². The SMILES string of the molecule is CCOc1ccc(C2c3c(oc4ccc(C)cc4c3=O)C(=O)N2c2cccc(Cl)c2)cc1. The summed E-state index contributed by atoms with van der Waals surface area (Å²) in [7, 11) is 0. The van der Waals surface area contributed by atoms with Gasteiger partial charge in [0.1, 0.15) is 11.3 Å². The fourth-order valence-corrected chi connectivity index (χ4v) is 4.39. The normalized spacial score (nSPS) is 15.3. The molecule has 1 unspecified atom stereocenters. The second kappa shape index (κ2) is 7.84. The summed E-state index contributed by atoms with van der Waals surface area (Å²) in [5.74, 6) is 0.405. The molecule has 0 saturated carbocycles. The zero-order chi connectivity index (χ0) is 22.4. The summed E-state index contributed by atoms with van der Waals surface area (Å²) < 4.78 is 11.6. The highest BCUT2D eigenvalue weighted by Gasteiger charge is 2.43. The summed E-state index contributed by atoms with van der Waals surface area (Å²) in [5, 5.41) is 0.956. The van der Waals surface area contributed by atoms with E-state index in [1.165, 1.54) is 0 Å². The summed E-state index contributed by atoms with van der Waals surface area (Å²) in [6.45, 7) is 4.38. The number of aryl methyl sites for hydroxylation is 1. The molecule has 5 nitrogen and oxygen atoms in total. The zero-order valence-electron chi connectivity index (χ0n) is 17.6. The largest absolute Gasteiger partial charge is 0.494 e. The van der Waals surface area contributed by atoms with Crippen LogP contribution in [0.3, 0.4) is 0 Å². The second-order valence-corrected chi connectivity index (χ2v) is 8.17. The first kappa shape index (κ1) is 20.3. The van der Waals surface area contributed by atoms with Crippen molar-refractivity contribution in [3.63, 3.8) is 0 Å². The van der Waals surface area contributed by atoms with Gasteiger partial charge in [0.2, 0.25) is 5.76 Å². The van der Waals surface area contributed by atoms with Crippen LogP contribution in [0.5, 0.6) is 5.75 Å². The smallest absolute Gasteiger partial charge is 0.295 e. The maximum atomic E-state index is 13.6. The van der Waals surface area contributed by atoms with Crippen LogP contribution in [0, 0.1) is 6.92 Å². The second-order valence-electron chi connectivity index (χ2n) is 7.73. The Morgan fingerprint density at radius 2 is 1.81 bits per heavy atom. The quantitative estimate of drug-likeness (QED) is 0.392. The molecule has 2 heterocycles. The average Bonchev–Trinajstić information content (AvgIpc) is 3.08. The number of carbonyl (C=O) groups is 1. The van der Waals surface area contributed by atoms with Crippen molar-refractivity contribution in [2.24, 2.45) is 0 Å². The number of amides is 1. The number of anilines is 1. The van der Waals surface area contributed by atoms with Crippen LogP contribution in [0.4, 0.5) is 5.69 Å². The van der Waals surface area contributed by atoms with E-state index < -0.39 is 6.04 Å². The predicted octanol–water partition coefficient (Wildman–Crippen LogP) is 5.90. The minimum atomic E-state index is -0.646. The number of fused-ring (bicyclic) bond motifs is 2. The Morgan fingerprint density at radius 1 is 1.03 bits per heavy atom. The van der Waals surface area contributed by atoms with Gasteiger partial charge in [-0.3, -0.25) is 14.5 Å². The number of hydrogen-bond acceptors (Lipinski definition) is 4. The van der Waals surface area contributed by atoms with Gasteiger partial charge in [0.15, 0.2) is 5.43 Å². The van der Waals surface area contributed by atoms with E-state index in [0.29, 0.717) is 33.8 Å². The van der Waals surface area contributed by atoms with Gasteiger partial charge in [0.25, 0.3) is 5.91 Å². The number of carbonyl (C=O) groups excluding carboxylic acids is 1. The molecular formula is C26H20ClNO4. The first-order valence-electron chi connectivity index (χ1n) is 10.4. The Kier molecular flexibility index (Phi) is 4.98. The van der Waals surface area contributed by atoms with Crippen LogP contribution in [0.1, 0.15) is 40.2 Å². The molecule has 0 radical (unpaired) electrons. The van der Waals surface area contributed by atoms with Gasteiger partial charge in [-0.2, -0.15) is 0 Å². The van der Waals surface area contributed by atoms with E-state index in [9.17, 15) is 9.59 Å². The van der Waals surface area contributed by atoms with Gasteiger partial charge in [-0.15, -0.1) is 0 Å². The Bertz CT molecular complexity index is 1410. The molecule has 32 heavy (non-hydrogen) atoms. The number of halogens is 1. The molecule has 3 aromatic carbocycles. The van der Waals surface area contributed by atoms with Crippen LogP contribution < -0.4 is 15.1 Å². The van der Waals surface area contributed by atoms with Gasteiger partial charge < -0.3 is 9.15 Å². The monoisotopic (exact) mass is 445 g/mol. The molecule has 1 amide bonds. The molecule has 0 bridgehead atoms. The number of rotatable bonds is 4. The molecule has 160 valence electrons. The van der Waals surface area contributed by atoms with E-state index in [0.717, 1.165) is 16.9 Å². The van der Waals surface area contributed by atoms with Crippen LogP contribution in [0.25, 0.3) is 11.0 Å². The predicted molar refractivity (Wildman–Crippen MR) is 125 cm³/mol. The third-order valence-electron chi connectivity index (χ3n) is 5.62. The lowest BCUT2D eigenvalue weighted by atomic mass is 9.98. The fourth-order valence-electron chi connectivity index (χ4n) is 4.21. The summed E-state index contributed by atoms with van der Waals surface area (Å²) in [5.41, 5.74) is 2.83. The van der Waals surface area contributed by atoms with Gasteiger partial charge in [-0.05, 0) is 61.9 Å². The fraction of sp³-hybridized carbons (Fsp3) is 0.154. The lowest BCUT2D eigenvalue weighted by Gasteiger charge is -2.25. The number of nitrogens with zero attached hydrogens (tertiary/aromatic N) is 1. The highest BCUT2D eigenvalue weighted by molar-refractivity contribution is 6.31. The molecule has 1 aliphatic heterocycles. The van der Waals surface area contributed by atoms with Crippen LogP contribution in [0.2, 0.25) is 5.02 Å². The summed E-state index contributed by atoms with van der Waals surface area (Å²) in [4.78, 5) is 28.7. The maximum Gasteiger partial charge on any atom is 0.295 e. The highest BCUT2D eigenvalue weighted by atomic mass is 35.5. The van der Waals surface area contributed by atoms with Crippen molar-refractivity contribution in [1.29, 1.82) is 0 Å². The number of benzene rings is 3. The Morgan fingerprint density at radius 3 is 2.53 bits per heavy atom. The van der Waals surface area contributed by atoms with E-state index in [1.54, 1.807) is 41.3 Å². The molecule has 0 N–H and O–H groups in total. The number of ether oxygens (including phenoxy) is 1. The first-order valence-corrected chi connectivity index (χ1v) is 10.7. The molecule has 1 atom stereocenters. The molecule has 4 aromatic rings. The Hall–Kier alpha value is -3.57. The van der Waals surface area contributed by atoms with Gasteiger partial charge >= 0.3 is 0 Å². The molecule has 5 rings (SSSR count). The minimum Gasteiger partial charge on any atom is -0.494 e. The van der Waals surface area contributed by atoms with Crippen LogP contribution >= 0.6 is 11.6 Å². The molecule has 1 aromatic heterocycles. The number of hydrogen-bond donors (Lipinski definition) is 0. The summed E-state index contributed by atoms with van der Waals surface area (Å²) in [6.07, 6.45) is 0. The summed E-state index contributed by atoms with van der Waals surface area (Å²) >= 11 is 6.23. The molecule has 0 fully saturated rings. The van der Waals surface area contributed by atoms with Crippen molar-refractivity contribution < 1.29 is 13.9 Å². The lowest BCUT2D eigenvalue weighted by molar-refractivity contribution is 0.0971. The topological polar surface area (TPSA) is 59.8 Å². The van der Waals surface area contributed by atoms with Crippen LogP contribution in [-0.4, -0.2) is 12.5 Å². The minimum absolute atomic E-state index is 0.0604. The van der Waals surface area contributed by atoms with E-state index in [1.807, 2.05) is 44.2 Å². The van der Waals surface area contributed by atoms with Gasteiger partial charge in [0, 0.05) is 10.7 Å². The van der Waals surface area contributed by atoms with Crippen molar-refractivity contribution in [1.82, 2.24) is 0 Å². The van der Waals surface area contributed by atoms with Crippen molar-refractivity contribution in [2.45, 2.75) is 19.9 Å². The van der Waals surface area contributed by atoms with Crippen molar-refractivity contribution in [3.8, 4) is 5.75 Å². The van der Waals surface area contributed by atoms with Gasteiger partial charge in [-0.1, -0.05) is 41.4 Å². The summed E-state index contributed by atoms with van der Waals surface area (Å²) in [6, 6.07) is 19.2. The van der Waals surface area contributed by atoms with Crippen molar-refractivity contribution >= 4 is 34.2 Å². The zero-order valence-corrected chi connectivity index (χ0v) is 18.3. The Labute approximate surface area is 189 Å². The Balaban J connectivity index is 1.77. The molecule has 0 aliphatic carbocycles. The van der Waals surface area contributed by atoms with Gasteiger partial charge in [0.05, 0.1) is 23.6 Å². The van der Waals surface area contributed by atoms with Crippen molar-refractivity contribution in [2.75, 3.05) is 11.5 Å². The van der Waals surface area contributed by atoms with E-state index >= 15 is 0 Å². The van der Waals surface area contributed by atoms with E-state index in [-0.39, 0.29) is 17.1 Å². The van der Waals surface area contributed by atoms with E-state index in [2.05, 4.69) is 0 Å². The average molecular weight is 446 g/mol. The molecule has 0 saturated heterocycles.